The van der Waals surface area contributed by atoms with Crippen LogP contribution in [0, 0.1) is 5.92 Å². The van der Waals surface area contributed by atoms with Gasteiger partial charge in [0.05, 0.1) is 13.1 Å². The number of amides is 1. The van der Waals surface area contributed by atoms with E-state index in [1.807, 2.05) is 22.4 Å². The minimum absolute atomic E-state index is 0.244. The second kappa shape index (κ2) is 6.03. The molecule has 0 unspecified atom stereocenters. The Labute approximate surface area is 128 Å². The molecule has 21 heavy (non-hydrogen) atoms. The fourth-order valence-electron chi connectivity index (χ4n) is 2.63. The lowest BCUT2D eigenvalue weighted by Crippen LogP contribution is -2.32. The summed E-state index contributed by atoms with van der Waals surface area (Å²) in [5, 5.41) is 2.04. The summed E-state index contributed by atoms with van der Waals surface area (Å²) >= 11 is 1.68. The minimum atomic E-state index is -0.311. The zero-order valence-electron chi connectivity index (χ0n) is 12.1. The number of primary amides is 1. The van der Waals surface area contributed by atoms with E-state index in [0.29, 0.717) is 12.5 Å². The Bertz CT molecular complexity index is 606. The van der Waals surface area contributed by atoms with Crippen molar-refractivity contribution in [3.05, 3.63) is 46.0 Å². The maximum Gasteiger partial charge on any atom is 0.231 e. The zero-order chi connectivity index (χ0) is 14.8. The Hall–Kier alpha value is -1.59. The number of rotatable bonds is 7. The van der Waals surface area contributed by atoms with E-state index >= 15 is 0 Å². The standard InChI is InChI=1S/C16H20N2O2S/c1-11-7-14(11)15-5-4-12(20-15)8-18(10-16(17)19)9-13-3-2-6-21-13/h2-6,11,14H,7-10H2,1H3,(H2,17,19)/t11-,14-/m1/s1. The van der Waals surface area contributed by atoms with Gasteiger partial charge in [-0.05, 0) is 35.9 Å². The molecular weight excluding hydrogens is 284 g/mol. The van der Waals surface area contributed by atoms with Crippen molar-refractivity contribution in [2.45, 2.75) is 32.4 Å². The van der Waals surface area contributed by atoms with Gasteiger partial charge in [0, 0.05) is 17.3 Å². The molecule has 1 amide bonds. The molecule has 1 saturated carbocycles. The van der Waals surface area contributed by atoms with Crippen molar-refractivity contribution in [2.24, 2.45) is 11.7 Å². The van der Waals surface area contributed by atoms with Crippen molar-refractivity contribution in [1.29, 1.82) is 0 Å². The lowest BCUT2D eigenvalue weighted by Gasteiger charge is -2.18. The van der Waals surface area contributed by atoms with Crippen LogP contribution in [0.25, 0.3) is 0 Å². The Morgan fingerprint density at radius 1 is 1.43 bits per heavy atom. The van der Waals surface area contributed by atoms with Crippen molar-refractivity contribution < 1.29 is 9.21 Å². The van der Waals surface area contributed by atoms with Crippen LogP contribution >= 0.6 is 11.3 Å². The predicted octanol–water partition coefficient (Wildman–Crippen LogP) is 2.95. The van der Waals surface area contributed by atoms with E-state index in [4.69, 9.17) is 10.2 Å². The smallest absolute Gasteiger partial charge is 0.231 e. The normalized spacial score (nSPS) is 20.9. The number of thiophene rings is 1. The number of hydrogen-bond acceptors (Lipinski definition) is 4. The van der Waals surface area contributed by atoms with Gasteiger partial charge in [0.2, 0.25) is 5.91 Å². The van der Waals surface area contributed by atoms with Crippen molar-refractivity contribution in [3.8, 4) is 0 Å². The van der Waals surface area contributed by atoms with E-state index in [1.54, 1.807) is 11.3 Å². The van der Waals surface area contributed by atoms with Crippen molar-refractivity contribution in [1.82, 2.24) is 4.90 Å². The molecule has 0 saturated heterocycles. The first kappa shape index (κ1) is 14.4. The molecule has 0 radical (unpaired) electrons. The fourth-order valence-corrected chi connectivity index (χ4v) is 3.37. The molecule has 2 atom stereocenters. The van der Waals surface area contributed by atoms with Crippen LogP contribution in [0.5, 0.6) is 0 Å². The summed E-state index contributed by atoms with van der Waals surface area (Å²) in [5.41, 5.74) is 5.35. The molecule has 2 aromatic rings. The quantitative estimate of drug-likeness (QED) is 0.855. The van der Waals surface area contributed by atoms with Crippen molar-refractivity contribution in [3.63, 3.8) is 0 Å². The molecule has 3 rings (SSSR count). The highest BCUT2D eigenvalue weighted by Gasteiger charge is 2.36. The molecular formula is C16H20N2O2S. The Kier molecular flexibility index (Phi) is 4.12. The monoisotopic (exact) mass is 304 g/mol. The first-order chi connectivity index (χ1) is 10.1. The van der Waals surface area contributed by atoms with Crippen LogP contribution in [0.2, 0.25) is 0 Å². The summed E-state index contributed by atoms with van der Waals surface area (Å²) in [6, 6.07) is 8.17. The number of furan rings is 1. The van der Waals surface area contributed by atoms with Gasteiger partial charge in [-0.2, -0.15) is 0 Å². The van der Waals surface area contributed by atoms with E-state index in [2.05, 4.69) is 19.1 Å². The number of carbonyl (C=O) groups is 1. The average Bonchev–Trinajstić information content (AvgIpc) is 2.84. The van der Waals surface area contributed by atoms with Crippen LogP contribution in [0.15, 0.2) is 34.1 Å². The van der Waals surface area contributed by atoms with Gasteiger partial charge < -0.3 is 10.2 Å². The van der Waals surface area contributed by atoms with E-state index in [1.165, 1.54) is 11.3 Å². The van der Waals surface area contributed by atoms with Crippen molar-refractivity contribution in [2.75, 3.05) is 6.54 Å². The van der Waals surface area contributed by atoms with Crippen LogP contribution in [0.3, 0.4) is 0 Å². The summed E-state index contributed by atoms with van der Waals surface area (Å²) in [7, 11) is 0. The summed E-state index contributed by atoms with van der Waals surface area (Å²) in [6.45, 7) is 3.81. The molecule has 1 fully saturated rings. The summed E-state index contributed by atoms with van der Waals surface area (Å²) in [6.07, 6.45) is 1.22. The third-order valence-electron chi connectivity index (χ3n) is 3.88. The van der Waals surface area contributed by atoms with Gasteiger partial charge in [0.1, 0.15) is 11.5 Å². The van der Waals surface area contributed by atoms with Crippen LogP contribution in [0.4, 0.5) is 0 Å². The molecule has 1 aliphatic carbocycles. The molecule has 0 bridgehead atoms. The number of hydrogen-bond donors (Lipinski definition) is 1. The summed E-state index contributed by atoms with van der Waals surface area (Å²) < 4.78 is 5.92. The fraction of sp³-hybridized carbons (Fsp3) is 0.438. The van der Waals surface area contributed by atoms with Crippen LogP contribution in [-0.2, 0) is 17.9 Å². The number of nitrogens with two attached hydrogens (primary N) is 1. The highest BCUT2D eigenvalue weighted by molar-refractivity contribution is 7.09. The number of nitrogens with zero attached hydrogens (tertiary/aromatic N) is 1. The molecule has 0 aromatic carbocycles. The van der Waals surface area contributed by atoms with Gasteiger partial charge in [-0.1, -0.05) is 13.0 Å². The van der Waals surface area contributed by atoms with E-state index in [-0.39, 0.29) is 12.5 Å². The molecule has 112 valence electrons. The van der Waals surface area contributed by atoms with Gasteiger partial charge >= 0.3 is 0 Å². The first-order valence-electron chi connectivity index (χ1n) is 7.23. The zero-order valence-corrected chi connectivity index (χ0v) is 12.9. The van der Waals surface area contributed by atoms with E-state index < -0.39 is 0 Å². The van der Waals surface area contributed by atoms with Crippen LogP contribution in [-0.4, -0.2) is 17.4 Å². The molecule has 2 N–H and O–H groups in total. The molecule has 1 aliphatic rings. The molecule has 0 aliphatic heterocycles. The van der Waals surface area contributed by atoms with Crippen molar-refractivity contribution >= 4 is 17.2 Å². The second-order valence-electron chi connectivity index (χ2n) is 5.81. The van der Waals surface area contributed by atoms with Gasteiger partial charge in [0.15, 0.2) is 0 Å². The molecule has 5 heteroatoms. The third kappa shape index (κ3) is 3.74. The Morgan fingerprint density at radius 3 is 2.86 bits per heavy atom. The molecule has 2 aromatic heterocycles. The molecule has 0 spiro atoms. The topological polar surface area (TPSA) is 59.5 Å². The summed E-state index contributed by atoms with van der Waals surface area (Å²) in [5.74, 6) is 2.99. The maximum atomic E-state index is 11.2. The van der Waals surface area contributed by atoms with Gasteiger partial charge in [-0.15, -0.1) is 11.3 Å². The lowest BCUT2D eigenvalue weighted by molar-refractivity contribution is -0.119. The van der Waals surface area contributed by atoms with E-state index in [9.17, 15) is 4.79 Å². The van der Waals surface area contributed by atoms with Gasteiger partial charge in [-0.3, -0.25) is 9.69 Å². The largest absolute Gasteiger partial charge is 0.464 e. The highest BCUT2D eigenvalue weighted by atomic mass is 32.1. The van der Waals surface area contributed by atoms with E-state index in [0.717, 1.165) is 24.0 Å². The third-order valence-corrected chi connectivity index (χ3v) is 4.74. The molecule has 4 nitrogen and oxygen atoms in total. The van der Waals surface area contributed by atoms with Crippen LogP contribution < -0.4 is 5.73 Å². The first-order valence-corrected chi connectivity index (χ1v) is 8.11. The average molecular weight is 304 g/mol. The Balaban J connectivity index is 1.65. The second-order valence-corrected chi connectivity index (χ2v) is 6.85. The SMILES string of the molecule is C[C@@H]1C[C@H]1c1ccc(CN(CC(N)=O)Cc2cccs2)o1. The predicted molar refractivity (Wildman–Crippen MR) is 82.9 cm³/mol. The lowest BCUT2D eigenvalue weighted by atomic mass is 10.3. The van der Waals surface area contributed by atoms with Crippen LogP contribution in [0.1, 0.15) is 35.7 Å². The minimum Gasteiger partial charge on any atom is -0.464 e. The maximum absolute atomic E-state index is 11.2. The highest BCUT2D eigenvalue weighted by Crippen LogP contribution is 2.47. The summed E-state index contributed by atoms with van der Waals surface area (Å²) in [4.78, 5) is 14.5. The van der Waals surface area contributed by atoms with Gasteiger partial charge in [0.25, 0.3) is 0 Å². The molecule has 2 heterocycles. The Morgan fingerprint density at radius 2 is 2.24 bits per heavy atom. The number of carbonyl (C=O) groups excluding carboxylic acids is 1. The van der Waals surface area contributed by atoms with Gasteiger partial charge in [-0.25, -0.2) is 0 Å².